The van der Waals surface area contributed by atoms with Crippen molar-refractivity contribution in [2.75, 3.05) is 20.3 Å². The van der Waals surface area contributed by atoms with Crippen molar-refractivity contribution in [2.24, 2.45) is 0 Å². The molecule has 0 atom stereocenters. The van der Waals surface area contributed by atoms with Gasteiger partial charge in [0.05, 0.1) is 12.0 Å². The van der Waals surface area contributed by atoms with Gasteiger partial charge in [-0.15, -0.1) is 11.3 Å². The van der Waals surface area contributed by atoms with Crippen LogP contribution >= 0.6 is 22.9 Å². The van der Waals surface area contributed by atoms with Crippen molar-refractivity contribution in [3.63, 3.8) is 0 Å². The van der Waals surface area contributed by atoms with Crippen LogP contribution in [-0.2, 0) is 21.5 Å². The van der Waals surface area contributed by atoms with Crippen LogP contribution in [0.15, 0.2) is 41.8 Å². The first kappa shape index (κ1) is 16.5. The molecule has 0 bridgehead atoms. The van der Waals surface area contributed by atoms with Gasteiger partial charge in [0.15, 0.2) is 0 Å². The summed E-state index contributed by atoms with van der Waals surface area (Å²) in [4.78, 5) is 16.3. The topological polar surface area (TPSA) is 29.5 Å². The van der Waals surface area contributed by atoms with Crippen LogP contribution in [0.1, 0.15) is 23.3 Å². The fraction of sp³-hybridized carbons (Fsp3) is 0.389. The molecule has 0 spiro atoms. The average molecular weight is 350 g/mol. The van der Waals surface area contributed by atoms with E-state index >= 15 is 0 Å². The number of amides is 1. The highest BCUT2D eigenvalue weighted by molar-refractivity contribution is 7.09. The summed E-state index contributed by atoms with van der Waals surface area (Å²) in [6.07, 6.45) is 1.39. The van der Waals surface area contributed by atoms with Gasteiger partial charge in [0.25, 0.3) is 0 Å². The summed E-state index contributed by atoms with van der Waals surface area (Å²) < 4.78 is 5.51. The van der Waals surface area contributed by atoms with Gasteiger partial charge in [-0.2, -0.15) is 0 Å². The predicted molar refractivity (Wildman–Crippen MR) is 94.0 cm³/mol. The van der Waals surface area contributed by atoms with E-state index in [-0.39, 0.29) is 5.91 Å². The average Bonchev–Trinajstić information content (AvgIpc) is 3.07. The van der Waals surface area contributed by atoms with E-state index in [0.717, 1.165) is 5.56 Å². The summed E-state index contributed by atoms with van der Waals surface area (Å²) >= 11 is 7.84. The van der Waals surface area contributed by atoms with Gasteiger partial charge in [-0.05, 0) is 42.0 Å². The van der Waals surface area contributed by atoms with Gasteiger partial charge in [0, 0.05) is 30.2 Å². The molecule has 3 nitrogen and oxygen atoms in total. The van der Waals surface area contributed by atoms with Crippen LogP contribution in [0.4, 0.5) is 0 Å². The number of hydrogen-bond donors (Lipinski definition) is 0. The summed E-state index contributed by atoms with van der Waals surface area (Å²) in [6.45, 7) is 1.84. The van der Waals surface area contributed by atoms with Gasteiger partial charge in [0.2, 0.25) is 5.91 Å². The third-order valence-corrected chi connectivity index (χ3v) is 5.55. The first-order valence-electron chi connectivity index (χ1n) is 7.73. The van der Waals surface area contributed by atoms with E-state index < -0.39 is 5.41 Å². The molecule has 0 N–H and O–H groups in total. The molecular formula is C18H20ClNO2S. The van der Waals surface area contributed by atoms with Crippen LogP contribution in [0.2, 0.25) is 5.02 Å². The molecule has 1 aromatic carbocycles. The second-order valence-electron chi connectivity index (χ2n) is 5.95. The highest BCUT2D eigenvalue weighted by Gasteiger charge is 2.43. The fourth-order valence-electron chi connectivity index (χ4n) is 3.21. The Morgan fingerprint density at radius 2 is 2.09 bits per heavy atom. The maximum absolute atomic E-state index is 13.3. The van der Waals surface area contributed by atoms with Gasteiger partial charge in [-0.1, -0.05) is 29.8 Å². The summed E-state index contributed by atoms with van der Waals surface area (Å²) in [5, 5.41) is 2.71. The van der Waals surface area contributed by atoms with E-state index in [1.807, 2.05) is 47.7 Å². The molecule has 5 heteroatoms. The molecule has 0 aliphatic carbocycles. The van der Waals surface area contributed by atoms with Crippen LogP contribution in [0.25, 0.3) is 0 Å². The van der Waals surface area contributed by atoms with Crippen LogP contribution in [0, 0.1) is 0 Å². The highest BCUT2D eigenvalue weighted by Crippen LogP contribution is 2.38. The lowest BCUT2D eigenvalue weighted by Crippen LogP contribution is -2.48. The van der Waals surface area contributed by atoms with E-state index in [1.165, 1.54) is 4.88 Å². The third-order valence-electron chi connectivity index (χ3n) is 4.45. The standard InChI is InChI=1S/C18H20ClNO2S/c1-20(13-16-6-3-11-23-16)17(21)18(7-9-22-10-8-18)14-4-2-5-15(19)12-14/h2-6,11-12H,7-10,13H2,1H3. The molecule has 1 fully saturated rings. The number of nitrogens with zero attached hydrogens (tertiary/aromatic N) is 1. The van der Waals surface area contributed by atoms with Crippen LogP contribution in [-0.4, -0.2) is 31.1 Å². The fourth-order valence-corrected chi connectivity index (χ4v) is 4.15. The van der Waals surface area contributed by atoms with E-state index in [0.29, 0.717) is 37.6 Å². The summed E-state index contributed by atoms with van der Waals surface area (Å²) in [5.41, 5.74) is 0.464. The normalized spacial score (nSPS) is 17.0. The van der Waals surface area contributed by atoms with Crippen molar-refractivity contribution in [2.45, 2.75) is 24.8 Å². The summed E-state index contributed by atoms with van der Waals surface area (Å²) in [6, 6.07) is 11.8. The minimum atomic E-state index is -0.533. The van der Waals surface area contributed by atoms with Crippen molar-refractivity contribution in [1.82, 2.24) is 4.90 Å². The molecule has 1 aliphatic heterocycles. The van der Waals surface area contributed by atoms with Gasteiger partial charge in [-0.3, -0.25) is 4.79 Å². The Kier molecular flexibility index (Phi) is 5.05. The molecular weight excluding hydrogens is 330 g/mol. The molecule has 0 radical (unpaired) electrons. The lowest BCUT2D eigenvalue weighted by atomic mass is 9.73. The number of benzene rings is 1. The Morgan fingerprint density at radius 3 is 2.74 bits per heavy atom. The van der Waals surface area contributed by atoms with Crippen molar-refractivity contribution in [3.8, 4) is 0 Å². The maximum Gasteiger partial charge on any atom is 0.233 e. The largest absolute Gasteiger partial charge is 0.381 e. The number of hydrogen-bond acceptors (Lipinski definition) is 3. The predicted octanol–water partition coefficient (Wildman–Crippen LogP) is 4.11. The van der Waals surface area contributed by atoms with Crippen molar-refractivity contribution >= 4 is 28.8 Å². The minimum absolute atomic E-state index is 0.150. The Balaban J connectivity index is 1.90. The van der Waals surface area contributed by atoms with Gasteiger partial charge in [0.1, 0.15) is 0 Å². The number of carbonyl (C=O) groups excluding carboxylic acids is 1. The van der Waals surface area contributed by atoms with E-state index in [9.17, 15) is 4.79 Å². The smallest absolute Gasteiger partial charge is 0.233 e. The van der Waals surface area contributed by atoms with Crippen molar-refractivity contribution < 1.29 is 9.53 Å². The minimum Gasteiger partial charge on any atom is -0.381 e. The number of carbonyl (C=O) groups is 1. The molecule has 1 aromatic heterocycles. The summed E-state index contributed by atoms with van der Waals surface area (Å²) in [5.74, 6) is 0.150. The molecule has 23 heavy (non-hydrogen) atoms. The second-order valence-corrected chi connectivity index (χ2v) is 7.41. The zero-order valence-electron chi connectivity index (χ0n) is 13.1. The number of halogens is 1. The van der Waals surface area contributed by atoms with Gasteiger partial charge < -0.3 is 9.64 Å². The number of rotatable bonds is 4. The molecule has 2 aromatic rings. The van der Waals surface area contributed by atoms with Gasteiger partial charge in [-0.25, -0.2) is 0 Å². The number of likely N-dealkylation sites (N-methyl/N-ethyl adjacent to an activating group) is 1. The van der Waals surface area contributed by atoms with E-state index in [4.69, 9.17) is 16.3 Å². The third kappa shape index (κ3) is 3.44. The molecule has 1 aliphatic rings. The van der Waals surface area contributed by atoms with Crippen LogP contribution in [0.5, 0.6) is 0 Å². The molecule has 0 saturated carbocycles. The zero-order valence-corrected chi connectivity index (χ0v) is 14.7. The van der Waals surface area contributed by atoms with E-state index in [2.05, 4.69) is 6.07 Å². The van der Waals surface area contributed by atoms with Crippen LogP contribution in [0.3, 0.4) is 0 Å². The second kappa shape index (κ2) is 7.04. The SMILES string of the molecule is CN(Cc1cccs1)C(=O)C1(c2cccc(Cl)c2)CCOCC1. The van der Waals surface area contributed by atoms with Crippen LogP contribution < -0.4 is 0 Å². The monoisotopic (exact) mass is 349 g/mol. The number of ether oxygens (including phenoxy) is 1. The lowest BCUT2D eigenvalue weighted by molar-refractivity contribution is -0.140. The molecule has 3 rings (SSSR count). The first-order chi connectivity index (χ1) is 11.1. The summed E-state index contributed by atoms with van der Waals surface area (Å²) in [7, 11) is 1.88. The van der Waals surface area contributed by atoms with Crippen molar-refractivity contribution in [1.29, 1.82) is 0 Å². The first-order valence-corrected chi connectivity index (χ1v) is 8.99. The number of thiophene rings is 1. The maximum atomic E-state index is 13.3. The molecule has 1 amide bonds. The van der Waals surface area contributed by atoms with E-state index in [1.54, 1.807) is 11.3 Å². The lowest BCUT2D eigenvalue weighted by Gasteiger charge is -2.39. The van der Waals surface area contributed by atoms with Crippen molar-refractivity contribution in [3.05, 3.63) is 57.2 Å². The quantitative estimate of drug-likeness (QED) is 0.831. The zero-order chi connectivity index (χ0) is 16.3. The molecule has 2 heterocycles. The van der Waals surface area contributed by atoms with Gasteiger partial charge >= 0.3 is 0 Å². The Morgan fingerprint density at radius 1 is 1.30 bits per heavy atom. The molecule has 122 valence electrons. The Hall–Kier alpha value is -1.36. The molecule has 1 saturated heterocycles. The Bertz CT molecular complexity index is 665. The Labute approximate surface area is 145 Å². The molecule has 0 unspecified atom stereocenters. The highest BCUT2D eigenvalue weighted by atomic mass is 35.5.